The predicted molar refractivity (Wildman–Crippen MR) is 108 cm³/mol. The number of carbonyl (C=O) groups is 1. The predicted octanol–water partition coefficient (Wildman–Crippen LogP) is 4.11. The van der Waals surface area contributed by atoms with Crippen molar-refractivity contribution in [1.82, 2.24) is 10.3 Å². The van der Waals surface area contributed by atoms with Crippen molar-refractivity contribution in [2.24, 2.45) is 11.8 Å². The van der Waals surface area contributed by atoms with Crippen LogP contribution in [-0.4, -0.2) is 31.2 Å². The number of ether oxygens (including phenoxy) is 2. The van der Waals surface area contributed by atoms with Crippen LogP contribution >= 0.6 is 0 Å². The Labute approximate surface area is 166 Å². The summed E-state index contributed by atoms with van der Waals surface area (Å²) in [5, 5.41) is 3.31. The number of carbonyl (C=O) groups excluding carboxylic acids is 1. The first-order chi connectivity index (χ1) is 13.6. The van der Waals surface area contributed by atoms with E-state index in [2.05, 4.69) is 22.4 Å². The van der Waals surface area contributed by atoms with Crippen LogP contribution in [0.1, 0.15) is 53.2 Å². The van der Waals surface area contributed by atoms with Gasteiger partial charge in [0.15, 0.2) is 11.5 Å². The van der Waals surface area contributed by atoms with Crippen LogP contribution in [0.15, 0.2) is 36.5 Å². The molecule has 1 N–H and O–H groups in total. The molecule has 2 aromatic rings. The number of hydrogen-bond acceptors (Lipinski definition) is 4. The molecule has 2 saturated carbocycles. The second-order valence-electron chi connectivity index (χ2n) is 7.94. The molecular weight excluding hydrogens is 352 g/mol. The van der Waals surface area contributed by atoms with E-state index in [4.69, 9.17) is 9.47 Å². The lowest BCUT2D eigenvalue weighted by molar-refractivity contribution is 0.0251. The van der Waals surface area contributed by atoms with Crippen LogP contribution < -0.4 is 14.8 Å². The van der Waals surface area contributed by atoms with Crippen molar-refractivity contribution >= 4 is 5.91 Å². The molecule has 5 nitrogen and oxygen atoms in total. The van der Waals surface area contributed by atoms with Crippen LogP contribution in [0.25, 0.3) is 0 Å². The zero-order chi connectivity index (χ0) is 19.7. The zero-order valence-corrected chi connectivity index (χ0v) is 16.8. The van der Waals surface area contributed by atoms with Gasteiger partial charge in [-0.15, -0.1) is 0 Å². The second kappa shape index (κ2) is 7.82. The van der Waals surface area contributed by atoms with Crippen molar-refractivity contribution < 1.29 is 14.3 Å². The van der Waals surface area contributed by atoms with E-state index in [-0.39, 0.29) is 11.9 Å². The smallest absolute Gasteiger partial charge is 0.253 e. The number of aryl methyl sites for hydroxylation is 1. The van der Waals surface area contributed by atoms with Crippen LogP contribution in [-0.2, 0) is 0 Å². The summed E-state index contributed by atoms with van der Waals surface area (Å²) in [5.74, 6) is 2.92. The number of aromatic nitrogens is 1. The van der Waals surface area contributed by atoms with Gasteiger partial charge >= 0.3 is 0 Å². The van der Waals surface area contributed by atoms with Crippen molar-refractivity contribution in [1.29, 1.82) is 0 Å². The molecule has 2 aliphatic carbocycles. The Balaban J connectivity index is 1.59. The van der Waals surface area contributed by atoms with E-state index in [0.717, 1.165) is 17.2 Å². The number of hydrogen-bond donors (Lipinski definition) is 1. The molecule has 1 aromatic carbocycles. The summed E-state index contributed by atoms with van der Waals surface area (Å²) in [7, 11) is 3.31. The number of benzene rings is 1. The molecule has 1 amide bonds. The molecule has 1 aromatic heterocycles. The second-order valence-corrected chi connectivity index (χ2v) is 7.94. The van der Waals surface area contributed by atoms with Crippen LogP contribution in [0.2, 0.25) is 0 Å². The lowest BCUT2D eigenvalue weighted by Crippen LogP contribution is -2.59. The molecular formula is C23H28N2O3. The SMILES string of the molecule is COc1ccc([C@H]2[C@@H]3CCCC[C@H]3[C@@H]2NC(=O)c2ccc(C)nc2)cc1OC. The van der Waals surface area contributed by atoms with Gasteiger partial charge < -0.3 is 14.8 Å². The normalized spacial score (nSPS) is 26.0. The van der Waals surface area contributed by atoms with Crippen molar-refractivity contribution in [2.75, 3.05) is 14.2 Å². The number of amides is 1. The van der Waals surface area contributed by atoms with Gasteiger partial charge in [0.2, 0.25) is 0 Å². The molecule has 2 aliphatic rings. The van der Waals surface area contributed by atoms with E-state index in [0.29, 0.717) is 23.3 Å². The van der Waals surface area contributed by atoms with Gasteiger partial charge in [0.1, 0.15) is 0 Å². The third-order valence-electron chi connectivity index (χ3n) is 6.45. The Morgan fingerprint density at radius 3 is 2.46 bits per heavy atom. The first-order valence-corrected chi connectivity index (χ1v) is 10.1. The van der Waals surface area contributed by atoms with E-state index in [1.807, 2.05) is 25.1 Å². The van der Waals surface area contributed by atoms with E-state index in [1.54, 1.807) is 20.4 Å². The van der Waals surface area contributed by atoms with Gasteiger partial charge in [-0.3, -0.25) is 9.78 Å². The molecule has 28 heavy (non-hydrogen) atoms. The van der Waals surface area contributed by atoms with Gasteiger partial charge in [-0.25, -0.2) is 0 Å². The minimum Gasteiger partial charge on any atom is -0.493 e. The Morgan fingerprint density at radius 2 is 1.79 bits per heavy atom. The third-order valence-corrected chi connectivity index (χ3v) is 6.45. The molecule has 0 radical (unpaired) electrons. The molecule has 0 unspecified atom stereocenters. The highest BCUT2D eigenvalue weighted by Gasteiger charge is 2.52. The van der Waals surface area contributed by atoms with Crippen LogP contribution in [0.5, 0.6) is 11.5 Å². The summed E-state index contributed by atoms with van der Waals surface area (Å²) >= 11 is 0. The summed E-state index contributed by atoms with van der Waals surface area (Å²) in [5.41, 5.74) is 2.75. The molecule has 4 atom stereocenters. The van der Waals surface area contributed by atoms with Crippen molar-refractivity contribution in [3.63, 3.8) is 0 Å². The summed E-state index contributed by atoms with van der Waals surface area (Å²) in [6, 6.07) is 10.0. The summed E-state index contributed by atoms with van der Waals surface area (Å²) in [4.78, 5) is 17.1. The molecule has 5 heteroatoms. The largest absolute Gasteiger partial charge is 0.493 e. The van der Waals surface area contributed by atoms with E-state index >= 15 is 0 Å². The molecule has 0 bridgehead atoms. The van der Waals surface area contributed by atoms with Crippen molar-refractivity contribution in [3.05, 3.63) is 53.3 Å². The average Bonchev–Trinajstić information content (AvgIpc) is 2.72. The highest BCUT2D eigenvalue weighted by molar-refractivity contribution is 5.94. The van der Waals surface area contributed by atoms with Gasteiger partial charge in [-0.1, -0.05) is 18.9 Å². The molecule has 148 valence electrons. The standard InChI is InChI=1S/C23H28N2O3/c1-14-8-9-16(13-24-14)23(26)25-22-18-7-5-4-6-17(18)21(22)15-10-11-19(27-2)20(12-15)28-3/h8-13,17-18,21-22H,4-7H2,1-3H3,(H,25,26)/t17-,18-,21+,22+/m1/s1. The lowest BCUT2D eigenvalue weighted by Gasteiger charge is -2.55. The number of fused-ring (bicyclic) bond motifs is 1. The molecule has 2 fully saturated rings. The molecule has 0 spiro atoms. The quantitative estimate of drug-likeness (QED) is 0.848. The van der Waals surface area contributed by atoms with E-state index < -0.39 is 0 Å². The fraction of sp³-hybridized carbons (Fsp3) is 0.478. The number of pyridine rings is 1. The Morgan fingerprint density at radius 1 is 1.04 bits per heavy atom. The molecule has 0 saturated heterocycles. The maximum Gasteiger partial charge on any atom is 0.253 e. The maximum absolute atomic E-state index is 12.8. The number of methoxy groups -OCH3 is 2. The maximum atomic E-state index is 12.8. The summed E-state index contributed by atoms with van der Waals surface area (Å²) in [6.07, 6.45) is 6.59. The fourth-order valence-corrected chi connectivity index (χ4v) is 5.02. The summed E-state index contributed by atoms with van der Waals surface area (Å²) in [6.45, 7) is 1.92. The Kier molecular flexibility index (Phi) is 5.25. The fourth-order valence-electron chi connectivity index (χ4n) is 5.02. The van der Waals surface area contributed by atoms with Gasteiger partial charge in [-0.05, 0) is 61.4 Å². The van der Waals surface area contributed by atoms with Gasteiger partial charge in [0, 0.05) is 23.9 Å². The first-order valence-electron chi connectivity index (χ1n) is 10.1. The molecule has 4 rings (SSSR count). The highest BCUT2D eigenvalue weighted by atomic mass is 16.5. The number of rotatable bonds is 5. The van der Waals surface area contributed by atoms with Gasteiger partial charge in [-0.2, -0.15) is 0 Å². The minimum absolute atomic E-state index is 0.0352. The average molecular weight is 380 g/mol. The lowest BCUT2D eigenvalue weighted by atomic mass is 9.53. The molecule has 0 aliphatic heterocycles. The minimum atomic E-state index is -0.0352. The van der Waals surface area contributed by atoms with Crippen LogP contribution in [0, 0.1) is 18.8 Å². The van der Waals surface area contributed by atoms with E-state index in [1.165, 1.54) is 31.2 Å². The van der Waals surface area contributed by atoms with E-state index in [9.17, 15) is 4.79 Å². The summed E-state index contributed by atoms with van der Waals surface area (Å²) < 4.78 is 10.9. The van der Waals surface area contributed by atoms with Gasteiger partial charge in [0.05, 0.1) is 19.8 Å². The van der Waals surface area contributed by atoms with Crippen molar-refractivity contribution in [2.45, 2.75) is 44.6 Å². The number of nitrogens with zero attached hydrogens (tertiary/aromatic N) is 1. The topological polar surface area (TPSA) is 60.5 Å². The van der Waals surface area contributed by atoms with Crippen molar-refractivity contribution in [3.8, 4) is 11.5 Å². The number of nitrogens with one attached hydrogen (secondary N) is 1. The highest BCUT2D eigenvalue weighted by Crippen LogP contribution is 2.55. The monoisotopic (exact) mass is 380 g/mol. The Bertz CT molecular complexity index is 849. The van der Waals surface area contributed by atoms with Crippen LogP contribution in [0.3, 0.4) is 0 Å². The first kappa shape index (κ1) is 18.8. The third kappa shape index (κ3) is 3.34. The molecule has 1 heterocycles. The van der Waals surface area contributed by atoms with Gasteiger partial charge in [0.25, 0.3) is 5.91 Å². The van der Waals surface area contributed by atoms with Crippen LogP contribution in [0.4, 0.5) is 0 Å². The zero-order valence-electron chi connectivity index (χ0n) is 16.8. The Hall–Kier alpha value is -2.56.